The lowest BCUT2D eigenvalue weighted by Crippen LogP contribution is -2.68. The van der Waals surface area contributed by atoms with Gasteiger partial charge >= 0.3 is 0 Å². The van der Waals surface area contributed by atoms with Crippen molar-refractivity contribution >= 4 is 5.91 Å². The number of piperidine rings is 1. The third-order valence-corrected chi connectivity index (χ3v) is 4.63. The van der Waals surface area contributed by atoms with E-state index in [1.165, 1.54) is 11.1 Å². The molecule has 2 bridgehead atoms. The molecule has 0 aromatic heterocycles. The van der Waals surface area contributed by atoms with E-state index in [4.69, 9.17) is 0 Å². The van der Waals surface area contributed by atoms with E-state index in [9.17, 15) is 4.79 Å². The lowest BCUT2D eigenvalue weighted by Gasteiger charge is -2.50. The summed E-state index contributed by atoms with van der Waals surface area (Å²) in [5.41, 5.74) is 2.59. The number of rotatable bonds is 2. The minimum absolute atomic E-state index is 0.0622. The Morgan fingerprint density at radius 3 is 3.00 bits per heavy atom. The summed E-state index contributed by atoms with van der Waals surface area (Å²) in [7, 11) is 0. The molecule has 0 aliphatic carbocycles. The van der Waals surface area contributed by atoms with E-state index >= 15 is 0 Å². The van der Waals surface area contributed by atoms with Crippen molar-refractivity contribution in [2.45, 2.75) is 50.7 Å². The number of allylic oxidation sites excluding steroid dienone is 2. The highest BCUT2D eigenvalue weighted by Crippen LogP contribution is 2.35. The molecule has 0 saturated carbocycles. The first-order valence-electron chi connectivity index (χ1n) is 7.31. The standard InChI is InChI=1S/C16H22N2O/c1-3-6-12-11(4-2)9-10-18-15(12)13-7-5-8-14(17-13)16(18)19/h3-4,6,13-15,17H,2,5,7-10H2,1H3/b6-3-. The molecular weight excluding hydrogens is 236 g/mol. The third-order valence-electron chi connectivity index (χ3n) is 4.63. The molecule has 3 aliphatic heterocycles. The molecule has 1 N–H and O–H groups in total. The van der Waals surface area contributed by atoms with E-state index in [1.54, 1.807) is 0 Å². The van der Waals surface area contributed by atoms with Crippen LogP contribution in [-0.4, -0.2) is 35.5 Å². The van der Waals surface area contributed by atoms with Gasteiger partial charge in [0.05, 0.1) is 12.1 Å². The predicted molar refractivity (Wildman–Crippen MR) is 76.7 cm³/mol. The Bertz CT molecular complexity index is 463. The van der Waals surface area contributed by atoms with Gasteiger partial charge in [-0.2, -0.15) is 0 Å². The Kier molecular flexibility index (Phi) is 3.31. The largest absolute Gasteiger partial charge is 0.332 e. The molecule has 3 unspecified atom stereocenters. The van der Waals surface area contributed by atoms with Gasteiger partial charge in [-0.05, 0) is 43.8 Å². The van der Waals surface area contributed by atoms with Gasteiger partial charge in [0.2, 0.25) is 5.91 Å². The van der Waals surface area contributed by atoms with Crippen LogP contribution in [0.15, 0.2) is 36.0 Å². The Labute approximate surface area is 115 Å². The number of nitrogens with one attached hydrogen (secondary N) is 1. The summed E-state index contributed by atoms with van der Waals surface area (Å²) in [6, 6.07) is 0.687. The quantitative estimate of drug-likeness (QED) is 0.823. The maximum atomic E-state index is 12.5. The molecule has 3 rings (SSSR count). The molecule has 0 aromatic rings. The van der Waals surface area contributed by atoms with Crippen molar-refractivity contribution in [3.05, 3.63) is 36.0 Å². The SMILES string of the molecule is C=CC1=C(/C=C\C)C2C3CCCC(N3)C(=O)N2CC1. The first-order valence-corrected chi connectivity index (χ1v) is 7.31. The number of piperazine rings is 1. The van der Waals surface area contributed by atoms with Gasteiger partial charge in [-0.15, -0.1) is 0 Å². The third kappa shape index (κ3) is 1.96. The number of fused-ring (bicyclic) bond motifs is 4. The second kappa shape index (κ2) is 4.97. The highest BCUT2D eigenvalue weighted by Gasteiger charge is 2.45. The van der Waals surface area contributed by atoms with Crippen LogP contribution in [0.5, 0.6) is 0 Å². The summed E-state index contributed by atoms with van der Waals surface area (Å²) >= 11 is 0. The molecule has 0 spiro atoms. The van der Waals surface area contributed by atoms with Crippen molar-refractivity contribution in [2.75, 3.05) is 6.54 Å². The van der Waals surface area contributed by atoms with E-state index in [1.807, 2.05) is 13.0 Å². The van der Waals surface area contributed by atoms with Gasteiger partial charge in [0.15, 0.2) is 0 Å². The van der Waals surface area contributed by atoms with E-state index < -0.39 is 0 Å². The second-order valence-electron chi connectivity index (χ2n) is 5.67. The van der Waals surface area contributed by atoms with Crippen molar-refractivity contribution in [2.24, 2.45) is 0 Å². The molecular formula is C16H22N2O. The fourth-order valence-electron chi connectivity index (χ4n) is 3.78. The molecule has 3 aliphatic rings. The van der Waals surface area contributed by atoms with Crippen molar-refractivity contribution in [3.63, 3.8) is 0 Å². The summed E-state index contributed by atoms with van der Waals surface area (Å²) in [5, 5.41) is 3.54. The molecule has 3 nitrogen and oxygen atoms in total. The molecule has 3 atom stereocenters. The molecule has 102 valence electrons. The predicted octanol–water partition coefficient (Wildman–Crippen LogP) is 2.17. The molecule has 3 heteroatoms. The van der Waals surface area contributed by atoms with Gasteiger partial charge in [0.25, 0.3) is 0 Å². The summed E-state index contributed by atoms with van der Waals surface area (Å²) in [5.74, 6) is 0.297. The number of nitrogens with zero attached hydrogens (tertiary/aromatic N) is 1. The first kappa shape index (κ1) is 12.7. The lowest BCUT2D eigenvalue weighted by atomic mass is 9.80. The normalized spacial score (nSPS) is 34.7. The maximum absolute atomic E-state index is 12.5. The van der Waals surface area contributed by atoms with Crippen LogP contribution in [0, 0.1) is 0 Å². The highest BCUT2D eigenvalue weighted by atomic mass is 16.2. The summed E-state index contributed by atoms with van der Waals surface area (Å²) < 4.78 is 0. The van der Waals surface area contributed by atoms with Crippen LogP contribution in [-0.2, 0) is 4.79 Å². The van der Waals surface area contributed by atoms with E-state index in [-0.39, 0.29) is 12.1 Å². The molecule has 2 saturated heterocycles. The smallest absolute Gasteiger partial charge is 0.240 e. The van der Waals surface area contributed by atoms with Gasteiger partial charge in [0.1, 0.15) is 0 Å². The van der Waals surface area contributed by atoms with Crippen LogP contribution in [0.2, 0.25) is 0 Å². The minimum atomic E-state index is 0.0622. The fraction of sp³-hybridized carbons (Fsp3) is 0.562. The number of carbonyl (C=O) groups is 1. The zero-order valence-corrected chi connectivity index (χ0v) is 11.6. The molecule has 1 amide bonds. The fourth-order valence-corrected chi connectivity index (χ4v) is 3.78. The minimum Gasteiger partial charge on any atom is -0.332 e. The lowest BCUT2D eigenvalue weighted by molar-refractivity contribution is -0.141. The monoisotopic (exact) mass is 258 g/mol. The van der Waals surface area contributed by atoms with Crippen LogP contribution in [0.25, 0.3) is 0 Å². The van der Waals surface area contributed by atoms with Crippen molar-refractivity contribution < 1.29 is 4.79 Å². The number of carbonyl (C=O) groups excluding carboxylic acids is 1. The zero-order valence-electron chi connectivity index (χ0n) is 11.6. The van der Waals surface area contributed by atoms with E-state index in [2.05, 4.69) is 28.9 Å². The molecule has 0 radical (unpaired) electrons. The van der Waals surface area contributed by atoms with Gasteiger partial charge in [0, 0.05) is 12.6 Å². The second-order valence-corrected chi connectivity index (χ2v) is 5.67. The average molecular weight is 258 g/mol. The number of hydrogen-bond donors (Lipinski definition) is 1. The summed E-state index contributed by atoms with van der Waals surface area (Å²) in [4.78, 5) is 14.6. The average Bonchev–Trinajstić information content (AvgIpc) is 2.45. The Balaban J connectivity index is 2.03. The van der Waals surface area contributed by atoms with Crippen LogP contribution in [0.1, 0.15) is 32.6 Å². The molecule has 2 fully saturated rings. The van der Waals surface area contributed by atoms with Gasteiger partial charge in [-0.1, -0.05) is 24.8 Å². The number of amides is 1. The summed E-state index contributed by atoms with van der Waals surface area (Å²) in [6.45, 7) is 6.82. The Morgan fingerprint density at radius 1 is 1.42 bits per heavy atom. The highest BCUT2D eigenvalue weighted by molar-refractivity contribution is 5.84. The van der Waals surface area contributed by atoms with Crippen molar-refractivity contribution in [1.29, 1.82) is 0 Å². The molecule has 19 heavy (non-hydrogen) atoms. The zero-order chi connectivity index (χ0) is 13.4. The van der Waals surface area contributed by atoms with Crippen LogP contribution in [0.3, 0.4) is 0 Å². The van der Waals surface area contributed by atoms with Gasteiger partial charge < -0.3 is 10.2 Å². The summed E-state index contributed by atoms with van der Waals surface area (Å²) in [6.07, 6.45) is 10.5. The number of hydrogen-bond acceptors (Lipinski definition) is 2. The first-order chi connectivity index (χ1) is 9.26. The van der Waals surface area contributed by atoms with Gasteiger partial charge in [-0.3, -0.25) is 4.79 Å². The van der Waals surface area contributed by atoms with E-state index in [0.29, 0.717) is 11.9 Å². The topological polar surface area (TPSA) is 32.3 Å². The van der Waals surface area contributed by atoms with Crippen molar-refractivity contribution in [1.82, 2.24) is 10.2 Å². The van der Waals surface area contributed by atoms with E-state index in [0.717, 1.165) is 32.2 Å². The van der Waals surface area contributed by atoms with Crippen LogP contribution >= 0.6 is 0 Å². The Morgan fingerprint density at radius 2 is 2.26 bits per heavy atom. The molecule has 3 heterocycles. The van der Waals surface area contributed by atoms with Crippen molar-refractivity contribution in [3.8, 4) is 0 Å². The molecule has 0 aromatic carbocycles. The van der Waals surface area contributed by atoms with Crippen LogP contribution in [0.4, 0.5) is 0 Å². The Hall–Kier alpha value is -1.35. The van der Waals surface area contributed by atoms with Crippen LogP contribution < -0.4 is 5.32 Å². The van der Waals surface area contributed by atoms with Gasteiger partial charge in [-0.25, -0.2) is 0 Å². The maximum Gasteiger partial charge on any atom is 0.240 e.